The Morgan fingerprint density at radius 2 is 2.42 bits per heavy atom. The van der Waals surface area contributed by atoms with Crippen LogP contribution in [0.2, 0.25) is 0 Å². The number of nitrogens with zero attached hydrogens (tertiary/aromatic N) is 1. The van der Waals surface area contributed by atoms with Gasteiger partial charge in [0, 0.05) is 13.6 Å². The van der Waals surface area contributed by atoms with Crippen LogP contribution in [0.25, 0.3) is 0 Å². The summed E-state index contributed by atoms with van der Waals surface area (Å²) in [7, 11) is 2.01. The predicted octanol–water partition coefficient (Wildman–Crippen LogP) is 0.931. The number of ether oxygens (including phenoxy) is 1. The molecule has 2 N–H and O–H groups in total. The van der Waals surface area contributed by atoms with E-state index in [1.54, 1.807) is 0 Å². The highest BCUT2D eigenvalue weighted by Gasteiger charge is 2.16. The van der Waals surface area contributed by atoms with Crippen molar-refractivity contribution in [1.29, 1.82) is 0 Å². The van der Waals surface area contributed by atoms with E-state index >= 15 is 0 Å². The second-order valence-corrected chi connectivity index (χ2v) is 2.98. The predicted molar refractivity (Wildman–Crippen MR) is 48.2 cm³/mol. The molecule has 0 saturated carbocycles. The Bertz CT molecular complexity index is 299. The summed E-state index contributed by atoms with van der Waals surface area (Å²) in [6, 6.07) is 6.04. The topological polar surface area (TPSA) is 38.5 Å². The zero-order valence-corrected chi connectivity index (χ0v) is 7.08. The third-order valence-corrected chi connectivity index (χ3v) is 2.08. The molecule has 3 nitrogen and oxygen atoms in total. The van der Waals surface area contributed by atoms with Crippen molar-refractivity contribution in [1.82, 2.24) is 0 Å². The highest BCUT2D eigenvalue weighted by atomic mass is 16.5. The van der Waals surface area contributed by atoms with Crippen LogP contribution in [0.3, 0.4) is 0 Å². The van der Waals surface area contributed by atoms with Crippen molar-refractivity contribution in [3.63, 3.8) is 0 Å². The third-order valence-electron chi connectivity index (χ3n) is 2.08. The van der Waals surface area contributed by atoms with Gasteiger partial charge in [-0.15, -0.1) is 0 Å². The van der Waals surface area contributed by atoms with E-state index in [4.69, 9.17) is 10.5 Å². The van der Waals surface area contributed by atoms with E-state index < -0.39 is 0 Å². The van der Waals surface area contributed by atoms with Crippen LogP contribution in [0.1, 0.15) is 5.56 Å². The maximum absolute atomic E-state index is 5.53. The van der Waals surface area contributed by atoms with Gasteiger partial charge in [0.05, 0.1) is 5.69 Å². The quantitative estimate of drug-likeness (QED) is 0.671. The molecule has 0 saturated heterocycles. The van der Waals surface area contributed by atoms with E-state index in [0.29, 0.717) is 13.3 Å². The summed E-state index contributed by atoms with van der Waals surface area (Å²) >= 11 is 0. The summed E-state index contributed by atoms with van der Waals surface area (Å²) in [5.74, 6) is 0.953. The van der Waals surface area contributed by atoms with Crippen molar-refractivity contribution < 1.29 is 4.74 Å². The summed E-state index contributed by atoms with van der Waals surface area (Å²) < 4.78 is 5.40. The van der Waals surface area contributed by atoms with Crippen molar-refractivity contribution >= 4 is 5.69 Å². The van der Waals surface area contributed by atoms with Gasteiger partial charge in [-0.25, -0.2) is 0 Å². The SMILES string of the molecule is CN1COc2ccc(CN)cc21. The number of nitrogens with two attached hydrogens (primary N) is 1. The molecule has 3 heteroatoms. The lowest BCUT2D eigenvalue weighted by Gasteiger charge is -2.08. The molecule has 1 heterocycles. The molecular weight excluding hydrogens is 152 g/mol. The molecule has 0 unspecified atom stereocenters. The molecule has 0 bridgehead atoms. The maximum Gasteiger partial charge on any atom is 0.161 e. The first-order valence-corrected chi connectivity index (χ1v) is 3.98. The van der Waals surface area contributed by atoms with Crippen LogP contribution in [-0.2, 0) is 6.54 Å². The van der Waals surface area contributed by atoms with Gasteiger partial charge in [0.1, 0.15) is 5.75 Å². The van der Waals surface area contributed by atoms with E-state index in [-0.39, 0.29) is 0 Å². The lowest BCUT2D eigenvalue weighted by atomic mass is 10.2. The minimum atomic E-state index is 0.584. The molecule has 0 radical (unpaired) electrons. The fourth-order valence-corrected chi connectivity index (χ4v) is 1.35. The molecule has 64 valence electrons. The minimum absolute atomic E-state index is 0.584. The van der Waals surface area contributed by atoms with Crippen LogP contribution < -0.4 is 15.4 Å². The molecule has 0 atom stereocenters. The van der Waals surface area contributed by atoms with E-state index in [2.05, 4.69) is 11.0 Å². The molecule has 12 heavy (non-hydrogen) atoms. The number of rotatable bonds is 1. The molecule has 0 spiro atoms. The largest absolute Gasteiger partial charge is 0.471 e. The Kier molecular flexibility index (Phi) is 1.66. The van der Waals surface area contributed by atoms with Crippen LogP contribution in [0, 0.1) is 0 Å². The molecule has 0 amide bonds. The van der Waals surface area contributed by atoms with Gasteiger partial charge in [0.2, 0.25) is 0 Å². The van der Waals surface area contributed by atoms with Gasteiger partial charge >= 0.3 is 0 Å². The van der Waals surface area contributed by atoms with E-state index in [9.17, 15) is 0 Å². The maximum atomic E-state index is 5.53. The van der Waals surface area contributed by atoms with Crippen molar-refractivity contribution in [3.8, 4) is 5.75 Å². The van der Waals surface area contributed by atoms with E-state index in [0.717, 1.165) is 17.0 Å². The normalized spacial score (nSPS) is 14.3. The number of hydrogen-bond acceptors (Lipinski definition) is 3. The van der Waals surface area contributed by atoms with Gasteiger partial charge < -0.3 is 15.4 Å². The Morgan fingerprint density at radius 3 is 3.17 bits per heavy atom. The minimum Gasteiger partial charge on any atom is -0.471 e. The Hall–Kier alpha value is -1.22. The van der Waals surface area contributed by atoms with Crippen molar-refractivity contribution in [2.45, 2.75) is 6.54 Å². The second kappa shape index (κ2) is 2.68. The average molecular weight is 164 g/mol. The molecule has 1 aromatic rings. The van der Waals surface area contributed by atoms with E-state index in [1.807, 2.05) is 19.2 Å². The lowest BCUT2D eigenvalue weighted by Crippen LogP contribution is -2.15. The number of hydrogen-bond donors (Lipinski definition) is 1. The van der Waals surface area contributed by atoms with Crippen LogP contribution in [-0.4, -0.2) is 13.8 Å². The Labute approximate surface area is 71.7 Å². The first-order valence-electron chi connectivity index (χ1n) is 3.98. The summed E-state index contributed by atoms with van der Waals surface area (Å²) in [4.78, 5) is 2.06. The molecule has 1 aromatic carbocycles. The van der Waals surface area contributed by atoms with Crippen LogP contribution >= 0.6 is 0 Å². The van der Waals surface area contributed by atoms with Crippen molar-refractivity contribution in [3.05, 3.63) is 23.8 Å². The van der Waals surface area contributed by atoms with Gasteiger partial charge in [-0.1, -0.05) is 6.07 Å². The smallest absolute Gasteiger partial charge is 0.161 e. The zero-order chi connectivity index (χ0) is 8.55. The van der Waals surface area contributed by atoms with Crippen LogP contribution in [0.15, 0.2) is 18.2 Å². The first-order chi connectivity index (χ1) is 5.81. The molecule has 0 aromatic heterocycles. The van der Waals surface area contributed by atoms with Gasteiger partial charge in [-0.2, -0.15) is 0 Å². The molecule has 2 rings (SSSR count). The molecular formula is C9H12N2O. The van der Waals surface area contributed by atoms with Gasteiger partial charge in [0.25, 0.3) is 0 Å². The number of benzene rings is 1. The summed E-state index contributed by atoms with van der Waals surface area (Å²) in [5, 5.41) is 0. The van der Waals surface area contributed by atoms with Crippen molar-refractivity contribution in [2.75, 3.05) is 18.7 Å². The van der Waals surface area contributed by atoms with Gasteiger partial charge in [-0.05, 0) is 17.7 Å². The standard InChI is InChI=1S/C9H12N2O/c1-11-6-12-9-3-2-7(5-10)4-8(9)11/h2-4H,5-6,10H2,1H3. The zero-order valence-electron chi connectivity index (χ0n) is 7.08. The fourth-order valence-electron chi connectivity index (χ4n) is 1.35. The van der Waals surface area contributed by atoms with Crippen LogP contribution in [0.5, 0.6) is 5.75 Å². The van der Waals surface area contributed by atoms with Crippen LogP contribution in [0.4, 0.5) is 5.69 Å². The van der Waals surface area contributed by atoms with Crippen molar-refractivity contribution in [2.24, 2.45) is 5.73 Å². The Morgan fingerprint density at radius 1 is 1.58 bits per heavy atom. The highest BCUT2D eigenvalue weighted by molar-refractivity contribution is 5.62. The summed E-state index contributed by atoms with van der Waals surface area (Å²) in [6.07, 6.45) is 0. The van der Waals surface area contributed by atoms with Gasteiger partial charge in [0.15, 0.2) is 6.73 Å². The second-order valence-electron chi connectivity index (χ2n) is 2.98. The third kappa shape index (κ3) is 1.02. The highest BCUT2D eigenvalue weighted by Crippen LogP contribution is 2.33. The number of fused-ring (bicyclic) bond motifs is 1. The molecule has 0 aliphatic carbocycles. The Balaban J connectivity index is 2.43. The summed E-state index contributed by atoms with van der Waals surface area (Å²) in [6.45, 7) is 1.23. The van der Waals surface area contributed by atoms with E-state index in [1.165, 1.54) is 0 Å². The monoisotopic (exact) mass is 164 g/mol. The van der Waals surface area contributed by atoms with Gasteiger partial charge in [-0.3, -0.25) is 0 Å². The average Bonchev–Trinajstić information content (AvgIpc) is 2.47. The fraction of sp³-hybridized carbons (Fsp3) is 0.333. The molecule has 0 fully saturated rings. The molecule has 1 aliphatic rings. The first kappa shape index (κ1) is 7.43. The lowest BCUT2D eigenvalue weighted by molar-refractivity contribution is 0.353. The number of anilines is 1. The molecule has 1 aliphatic heterocycles. The summed E-state index contributed by atoms with van der Waals surface area (Å²) in [5.41, 5.74) is 7.81.